The van der Waals surface area contributed by atoms with Gasteiger partial charge in [-0.25, -0.2) is 4.39 Å². The molecule has 2 aromatic carbocycles. The fourth-order valence-corrected chi connectivity index (χ4v) is 2.26. The van der Waals surface area contributed by atoms with Gasteiger partial charge >= 0.3 is 0 Å². The third-order valence-electron chi connectivity index (χ3n) is 2.94. The Bertz CT molecular complexity index is 617. The molecular weight excluding hydrogens is 295 g/mol. The maximum absolute atomic E-state index is 13.2. The lowest BCUT2D eigenvalue weighted by Gasteiger charge is -2.03. The minimum Gasteiger partial charge on any atom is -0.294 e. The van der Waals surface area contributed by atoms with Crippen LogP contribution in [0.4, 0.5) is 4.39 Å². The average Bonchev–Trinajstić information content (AvgIpc) is 2.44. The van der Waals surface area contributed by atoms with Crippen molar-refractivity contribution < 1.29 is 9.18 Å². The number of hydrogen-bond acceptors (Lipinski definition) is 2. The molecule has 0 heterocycles. The molecule has 0 amide bonds. The maximum atomic E-state index is 13.2. The molecule has 2 rings (SSSR count). The van der Waals surface area contributed by atoms with Gasteiger partial charge in [-0.05, 0) is 35.7 Å². The Morgan fingerprint density at radius 3 is 2.50 bits per heavy atom. The highest BCUT2D eigenvalue weighted by Gasteiger charge is 2.09. The number of benzene rings is 2. The molecule has 0 radical (unpaired) electrons. The fourth-order valence-electron chi connectivity index (χ4n) is 1.88. The first kappa shape index (κ1) is 14.8. The number of rotatable bonds is 5. The topological polar surface area (TPSA) is 17.1 Å². The van der Waals surface area contributed by atoms with Gasteiger partial charge in [0.2, 0.25) is 0 Å². The Hall–Kier alpha value is -1.58. The van der Waals surface area contributed by atoms with Crippen molar-refractivity contribution in [3.05, 3.63) is 70.0 Å². The first-order valence-corrected chi connectivity index (χ1v) is 6.97. The highest BCUT2D eigenvalue weighted by Crippen LogP contribution is 2.16. The van der Waals surface area contributed by atoms with Gasteiger partial charge in [0.25, 0.3) is 0 Å². The van der Waals surface area contributed by atoms with Gasteiger partial charge in [0.05, 0.1) is 0 Å². The summed E-state index contributed by atoms with van der Waals surface area (Å²) in [6.07, 6.45) is 0.918. The van der Waals surface area contributed by atoms with E-state index in [1.54, 1.807) is 5.37 Å². The van der Waals surface area contributed by atoms with Crippen LogP contribution in [0.2, 0.25) is 5.02 Å². The van der Waals surface area contributed by atoms with E-state index < -0.39 is 5.82 Å². The van der Waals surface area contributed by atoms with E-state index in [1.165, 1.54) is 18.2 Å². The number of Topliss-reactive ketones (excluding diaryl/α,β-unsaturated/α-hetero) is 1. The second-order valence-corrected chi connectivity index (χ2v) is 5.11. The Balaban J connectivity index is 2.02. The summed E-state index contributed by atoms with van der Waals surface area (Å²) in [5.74, 6) is -0.614. The van der Waals surface area contributed by atoms with Gasteiger partial charge in [-0.3, -0.25) is 4.79 Å². The highest BCUT2D eigenvalue weighted by molar-refractivity contribution is 7.79. The molecule has 0 aliphatic carbocycles. The van der Waals surface area contributed by atoms with Gasteiger partial charge in [-0.2, -0.15) is 0 Å². The van der Waals surface area contributed by atoms with Gasteiger partial charge in [0.1, 0.15) is 5.82 Å². The monoisotopic (exact) mass is 306 g/mol. The van der Waals surface area contributed by atoms with E-state index in [0.717, 1.165) is 11.1 Å². The molecule has 20 heavy (non-hydrogen) atoms. The van der Waals surface area contributed by atoms with Crippen molar-refractivity contribution in [1.29, 1.82) is 0 Å². The van der Waals surface area contributed by atoms with E-state index >= 15 is 0 Å². The summed E-state index contributed by atoms with van der Waals surface area (Å²) in [7, 11) is 0. The molecule has 0 aliphatic rings. The molecule has 4 heteroatoms. The summed E-state index contributed by atoms with van der Waals surface area (Å²) in [6, 6.07) is 11.6. The van der Waals surface area contributed by atoms with Crippen LogP contribution >= 0.6 is 23.8 Å². The zero-order chi connectivity index (χ0) is 14.5. The number of carbonyl (C=O) groups excluding carboxylic acids is 1. The van der Waals surface area contributed by atoms with Crippen LogP contribution in [-0.2, 0) is 6.42 Å². The third kappa shape index (κ3) is 3.95. The molecule has 0 spiro atoms. The van der Waals surface area contributed by atoms with Gasteiger partial charge in [-0.15, -0.1) is 0 Å². The van der Waals surface area contributed by atoms with Crippen molar-refractivity contribution in [2.75, 3.05) is 0 Å². The second kappa shape index (κ2) is 6.73. The first-order valence-electron chi connectivity index (χ1n) is 6.12. The Kier molecular flexibility index (Phi) is 4.99. The zero-order valence-electron chi connectivity index (χ0n) is 10.6. The molecule has 0 atom stereocenters. The van der Waals surface area contributed by atoms with Crippen molar-refractivity contribution in [2.24, 2.45) is 0 Å². The van der Waals surface area contributed by atoms with Crippen molar-refractivity contribution in [3.63, 3.8) is 0 Å². The molecule has 0 bridgehead atoms. The molecule has 0 aliphatic heterocycles. The van der Waals surface area contributed by atoms with E-state index in [2.05, 4.69) is 0 Å². The lowest BCUT2D eigenvalue weighted by atomic mass is 10.0. The van der Waals surface area contributed by atoms with Gasteiger partial charge < -0.3 is 0 Å². The number of carbonyl (C=O) groups is 1. The third-order valence-corrected chi connectivity index (χ3v) is 3.43. The van der Waals surface area contributed by atoms with Crippen LogP contribution in [0.5, 0.6) is 0 Å². The highest BCUT2D eigenvalue weighted by atomic mass is 35.5. The van der Waals surface area contributed by atoms with E-state index in [-0.39, 0.29) is 10.8 Å². The normalized spacial score (nSPS) is 10.3. The maximum Gasteiger partial charge on any atom is 0.163 e. The number of hydrogen-bond donors (Lipinski definition) is 0. The predicted octanol–water partition coefficient (Wildman–Crippen LogP) is 4.64. The second-order valence-electron chi connectivity index (χ2n) is 4.44. The largest absolute Gasteiger partial charge is 0.294 e. The van der Waals surface area contributed by atoms with Crippen molar-refractivity contribution in [2.45, 2.75) is 12.8 Å². The minimum atomic E-state index is -0.494. The average molecular weight is 307 g/mol. The lowest BCUT2D eigenvalue weighted by Crippen LogP contribution is -2.02. The molecule has 0 fully saturated rings. The molecular formula is C16H12ClFOS. The Morgan fingerprint density at radius 2 is 1.90 bits per heavy atom. The molecule has 0 aromatic heterocycles. The summed E-state index contributed by atoms with van der Waals surface area (Å²) in [5, 5.41) is 1.84. The van der Waals surface area contributed by atoms with Crippen molar-refractivity contribution >= 4 is 35.0 Å². The van der Waals surface area contributed by atoms with Crippen LogP contribution in [0.3, 0.4) is 0 Å². The summed E-state index contributed by atoms with van der Waals surface area (Å²) in [6.45, 7) is 0. The molecule has 0 saturated carbocycles. The standard InChI is InChI=1S/C16H12ClFOS/c17-14-7-13(8-15(18)9-14)16(19)6-5-11-1-3-12(10-20)4-2-11/h1-4,7-10H,5-6H2. The summed E-state index contributed by atoms with van der Waals surface area (Å²) in [5.41, 5.74) is 2.32. The number of ketones is 1. The zero-order valence-corrected chi connectivity index (χ0v) is 12.2. The summed E-state index contributed by atoms with van der Waals surface area (Å²) < 4.78 is 13.2. The SMILES string of the molecule is O=C(CCc1ccc(C=S)cc1)c1cc(F)cc(Cl)c1. The van der Waals surface area contributed by atoms with Gasteiger partial charge in [-0.1, -0.05) is 48.1 Å². The smallest absolute Gasteiger partial charge is 0.163 e. The van der Waals surface area contributed by atoms with E-state index in [0.29, 0.717) is 18.4 Å². The molecule has 0 saturated heterocycles. The van der Waals surface area contributed by atoms with E-state index in [1.807, 2.05) is 24.3 Å². The van der Waals surface area contributed by atoms with Crippen LogP contribution in [-0.4, -0.2) is 11.2 Å². The van der Waals surface area contributed by atoms with Crippen molar-refractivity contribution in [3.8, 4) is 0 Å². The molecule has 102 valence electrons. The van der Waals surface area contributed by atoms with E-state index in [4.69, 9.17) is 23.8 Å². The van der Waals surface area contributed by atoms with Crippen LogP contribution in [0.25, 0.3) is 0 Å². The predicted molar refractivity (Wildman–Crippen MR) is 83.3 cm³/mol. The molecule has 0 N–H and O–H groups in total. The fraction of sp³-hybridized carbons (Fsp3) is 0.125. The lowest BCUT2D eigenvalue weighted by molar-refractivity contribution is 0.0982. The van der Waals surface area contributed by atoms with Crippen LogP contribution in [0, 0.1) is 5.82 Å². The summed E-state index contributed by atoms with van der Waals surface area (Å²) in [4.78, 5) is 12.0. The van der Waals surface area contributed by atoms with Crippen molar-refractivity contribution in [1.82, 2.24) is 0 Å². The van der Waals surface area contributed by atoms with Crippen LogP contribution in [0.1, 0.15) is 27.9 Å². The minimum absolute atomic E-state index is 0.120. The van der Waals surface area contributed by atoms with Crippen LogP contribution in [0.15, 0.2) is 42.5 Å². The molecule has 0 unspecified atom stereocenters. The van der Waals surface area contributed by atoms with E-state index in [9.17, 15) is 9.18 Å². The van der Waals surface area contributed by atoms with Gasteiger partial charge in [0.15, 0.2) is 5.78 Å². The number of aryl methyl sites for hydroxylation is 1. The first-order chi connectivity index (χ1) is 9.58. The molecule has 1 nitrogen and oxygen atoms in total. The molecule has 2 aromatic rings. The van der Waals surface area contributed by atoms with Gasteiger partial charge in [0, 0.05) is 22.4 Å². The summed E-state index contributed by atoms with van der Waals surface area (Å²) >= 11 is 10.6. The Morgan fingerprint density at radius 1 is 1.20 bits per heavy atom. The Labute approximate surface area is 127 Å². The number of halogens is 2. The number of thiocarbonyl (C=S) groups is 1. The quantitative estimate of drug-likeness (QED) is 0.591. The van der Waals surface area contributed by atoms with Crippen LogP contribution < -0.4 is 0 Å².